The van der Waals surface area contributed by atoms with E-state index in [1.165, 1.54) is 36.5 Å². The van der Waals surface area contributed by atoms with Gasteiger partial charge in [0.25, 0.3) is 0 Å². The Bertz CT molecular complexity index is 3300. The van der Waals surface area contributed by atoms with Crippen molar-refractivity contribution in [2.75, 3.05) is 13.2 Å². The first-order valence-corrected chi connectivity index (χ1v) is 41.5. The number of carboxylic acid groups (broad SMARTS) is 1. The van der Waals surface area contributed by atoms with Crippen molar-refractivity contribution < 1.29 is 167 Å². The molecule has 8 fully saturated rings. The van der Waals surface area contributed by atoms with Crippen LogP contribution in [0.2, 0.25) is 0 Å². The molecule has 0 spiro atoms. The van der Waals surface area contributed by atoms with Gasteiger partial charge >= 0.3 is 106 Å². The molecule has 0 aromatic heterocycles. The Morgan fingerprint density at radius 1 is 0.485 bits per heavy atom. The van der Waals surface area contributed by atoms with Crippen LogP contribution in [0, 0.1) is 54.2 Å². The maximum absolute atomic E-state index is 13.5. The van der Waals surface area contributed by atoms with Crippen molar-refractivity contribution in [1.82, 2.24) is 0 Å². The molecule has 4 aromatic rings. The average molecular weight is 1790 g/mol. The van der Waals surface area contributed by atoms with Gasteiger partial charge in [-0.1, -0.05) is 146 Å². The van der Waals surface area contributed by atoms with Gasteiger partial charge in [-0.15, -0.1) is 0 Å². The summed E-state index contributed by atoms with van der Waals surface area (Å²) >= 11 is 7.19. The van der Waals surface area contributed by atoms with Crippen LogP contribution < -0.4 is 77.1 Å². The van der Waals surface area contributed by atoms with Gasteiger partial charge < -0.3 is 33.6 Å². The Morgan fingerprint density at radius 2 is 0.709 bits per heavy atom. The van der Waals surface area contributed by atoms with Gasteiger partial charge in [-0.2, -0.15) is 48.6 Å². The molecule has 12 rings (SSSR count). The van der Waals surface area contributed by atoms with Crippen molar-refractivity contribution in [2.45, 2.75) is 244 Å². The molecule has 0 amide bonds. The molecule has 4 aromatic carbocycles. The molecule has 0 aliphatic heterocycles. The van der Waals surface area contributed by atoms with Crippen molar-refractivity contribution in [3.63, 3.8) is 0 Å². The van der Waals surface area contributed by atoms with Crippen LogP contribution in [0.1, 0.15) is 217 Å². The minimum absolute atomic E-state index is 0. The summed E-state index contributed by atoms with van der Waals surface area (Å²) in [5.74, 6) is -11.9. The zero-order valence-corrected chi connectivity index (χ0v) is 71.2. The summed E-state index contributed by atoms with van der Waals surface area (Å²) in [6.07, 6.45) is 4.44. The number of rotatable bonds is 16. The number of ether oxygens (including phenoxy) is 2. The molecule has 8 aliphatic rings. The second-order valence-corrected chi connectivity index (χ2v) is 41.3. The fourth-order valence-corrected chi connectivity index (χ4v) is 20.5. The molecule has 29 heteroatoms. The van der Waals surface area contributed by atoms with E-state index < -0.39 is 103 Å². The molecule has 1 N–H and O–H groups in total. The Balaban J connectivity index is 0.000000452. The Labute approximate surface area is 665 Å². The minimum atomic E-state index is -6.56. The number of halogens is 10. The summed E-state index contributed by atoms with van der Waals surface area (Å²) in [4.78, 5) is 33.9. The number of esters is 2. The fraction of sp³-hybridized carbons (Fsp3) is 0.635. The molecule has 13 nitrogen and oxygen atoms in total. The van der Waals surface area contributed by atoms with E-state index in [0.29, 0.717) is 56.8 Å². The van der Waals surface area contributed by atoms with Gasteiger partial charge in [-0.05, 0) is 206 Å². The third-order valence-corrected chi connectivity index (χ3v) is 26.5. The number of hydrogen-bond acceptors (Lipinski definition) is 15. The second-order valence-electron chi connectivity index (χ2n) is 32.3. The van der Waals surface area contributed by atoms with Crippen molar-refractivity contribution in [2.24, 2.45) is 39.9 Å². The summed E-state index contributed by atoms with van der Waals surface area (Å²) in [5, 5.41) is 7.89. The Hall–Kier alpha value is -2.24. The van der Waals surface area contributed by atoms with E-state index in [1.807, 2.05) is 0 Å². The molecule has 4 unspecified atom stereocenters. The number of carbonyl (C=O) groups excluding carboxylic acids is 3. The summed E-state index contributed by atoms with van der Waals surface area (Å²) in [6.45, 7) is 28.1. The van der Waals surface area contributed by atoms with Gasteiger partial charge in [0.15, 0.2) is 34.5 Å². The van der Waals surface area contributed by atoms with E-state index in [0.717, 1.165) is 32.6 Å². The number of aliphatic carboxylic acids is 1. The summed E-state index contributed by atoms with van der Waals surface area (Å²) < 4.78 is 184. The molecule has 0 saturated heterocycles. The summed E-state index contributed by atoms with van der Waals surface area (Å²) in [6, 6.07) is 36.8. The molecular weight excluding hydrogens is 1690 g/mol. The quantitative estimate of drug-likeness (QED) is 0.0407. The zero-order chi connectivity index (χ0) is 76.1. The minimum Gasteiger partial charge on any atom is -0.743 e. The van der Waals surface area contributed by atoms with Crippen LogP contribution >= 0.6 is 13.5 Å². The molecule has 4 atom stereocenters. The van der Waals surface area contributed by atoms with Crippen molar-refractivity contribution >= 4 is 74.0 Å². The van der Waals surface area contributed by atoms with Crippen molar-refractivity contribution in [1.29, 1.82) is 0 Å². The van der Waals surface area contributed by atoms with Crippen LogP contribution in [0.25, 0.3) is 0 Å². The topological polar surface area (TPSA) is 227 Å². The SMILES string of the molecule is C.CC(=O)[O-].CC(C)(C)c1ccc([I+]c2ccc(C(C)(C)C)cc2)cc1.CC(C)(C)c1ccc([I+]c2ccc(C(C)(C)C)cc2)cc1.CC12CC3CC(C1)CC(C(=O)OCCC(F)(F)C(F)(F)S(=O)(=O)[O-])(C3)C2.O=C(OCCC(F)(F)C(F)(F)S(=O)(=O)[O-])C12CC3CC(CC(O)(C3)C1)C2.S.S=S.[Na+]. The molecule has 576 valence electrons. The smallest absolute Gasteiger partial charge is 0.743 e. The van der Waals surface area contributed by atoms with Crippen LogP contribution in [0.3, 0.4) is 0 Å². The van der Waals surface area contributed by atoms with Crippen LogP contribution in [0.5, 0.6) is 0 Å². The first-order valence-electron chi connectivity index (χ1n) is 33.0. The van der Waals surface area contributed by atoms with Crippen molar-refractivity contribution in [3.8, 4) is 0 Å². The predicted octanol–water partition coefficient (Wildman–Crippen LogP) is 6.65. The van der Waals surface area contributed by atoms with E-state index in [9.17, 15) is 75.8 Å². The van der Waals surface area contributed by atoms with Crippen LogP contribution in [-0.4, -0.2) is 90.1 Å². The van der Waals surface area contributed by atoms with E-state index in [-0.39, 0.29) is 138 Å². The number of hydrogen-bond donors (Lipinski definition) is 1. The van der Waals surface area contributed by atoms with Gasteiger partial charge in [0.1, 0.15) is 0 Å². The van der Waals surface area contributed by atoms with Gasteiger partial charge in [0.2, 0.25) is 0 Å². The van der Waals surface area contributed by atoms with Gasteiger partial charge in [-0.25, -0.2) is 16.8 Å². The molecule has 0 radical (unpaired) electrons. The van der Waals surface area contributed by atoms with Crippen molar-refractivity contribution in [3.05, 3.63) is 134 Å². The normalized spacial score (nSPS) is 24.0. The third-order valence-electron chi connectivity index (χ3n) is 19.3. The first kappa shape index (κ1) is 96.8. The van der Waals surface area contributed by atoms with Crippen LogP contribution in [0.4, 0.5) is 35.1 Å². The standard InChI is InChI=1S/2C20H26I.C16H22F4O5S.C15H20F4O6S.C2H4O2.CH4.Na.S2.H2S/c2*1-19(2,3)15-7-11-17(12-8-15)21-18-13-9-16(10-14-18)20(4,5)6;1-13-5-10-4-11(6-13)8-14(7-10,9-13)12(21)25-3-2-15(17,18)16(19,20)26(22,23)24;16-14(17,15(18,19)26(22,23)24)1-2-25-11(20)12-4-9-3-10(5-12)7-13(21,6-9)8-12;1-2(3)4;;;1-2;/h2*7-14H,1-6H3;10-11H,2-9H2,1H3,(H,22,23,24);9-10,21H,1-8H2,(H,22,23,24);1H3,(H,3,4);1H4;;;1H2/q2*+1;;;;;+1;;/p-3. The van der Waals surface area contributed by atoms with E-state index in [2.05, 4.69) is 209 Å². The third kappa shape index (κ3) is 25.9. The van der Waals surface area contributed by atoms with Gasteiger partial charge in [0, 0.05) is 28.3 Å². The second kappa shape index (κ2) is 36.7. The summed E-state index contributed by atoms with van der Waals surface area (Å²) in [7, 11) is -13.1. The average Bonchev–Trinajstić information content (AvgIpc) is 0.728. The maximum atomic E-state index is 13.5. The number of carbonyl (C=O) groups is 3. The van der Waals surface area contributed by atoms with E-state index in [4.69, 9.17) is 19.4 Å². The Morgan fingerprint density at radius 3 is 0.913 bits per heavy atom. The van der Waals surface area contributed by atoms with Gasteiger partial charge in [0.05, 0.1) is 42.5 Å². The zero-order valence-electron chi connectivity index (χ0n) is 60.6. The Kier molecular flexibility index (Phi) is 34.5. The molecule has 8 aliphatic carbocycles. The molecule has 103 heavy (non-hydrogen) atoms. The van der Waals surface area contributed by atoms with E-state index in [1.54, 1.807) is 0 Å². The monoisotopic (exact) mass is 1790 g/mol. The molecular formula is C74H101F8I2NaO13S5. The number of carboxylic acids is 1. The molecule has 8 saturated carbocycles. The maximum Gasteiger partial charge on any atom is 1.00 e. The predicted molar refractivity (Wildman–Crippen MR) is 376 cm³/mol. The molecule has 0 heterocycles. The molecule has 8 bridgehead atoms. The van der Waals surface area contributed by atoms with Crippen LogP contribution in [-0.2, 0) is 88.1 Å². The van der Waals surface area contributed by atoms with Gasteiger partial charge in [-0.3, -0.25) is 9.59 Å². The fourth-order valence-electron chi connectivity index (χ4n) is 15.2. The number of aliphatic hydroxyl groups is 1. The first-order chi connectivity index (χ1) is 45.4. The largest absolute Gasteiger partial charge is 1.00 e. The number of benzene rings is 4. The van der Waals surface area contributed by atoms with Crippen LogP contribution in [0.15, 0.2) is 97.1 Å². The number of alkyl halides is 8. The summed E-state index contributed by atoms with van der Waals surface area (Å²) in [5.41, 5.74) is 3.87. The van der Waals surface area contributed by atoms with E-state index >= 15 is 0 Å².